The standard InChI is InChI=1S/C15H21N3O2S/c1-5-18-11-14(13(3)16-18)10-17(4)21(19,20)15-8-6-12(2)7-9-15/h6-9,11H,5,10H2,1-4H3. The molecule has 0 N–H and O–H groups in total. The van der Waals surface area contributed by atoms with Crippen molar-refractivity contribution in [1.82, 2.24) is 14.1 Å². The molecule has 0 radical (unpaired) electrons. The Balaban J connectivity index is 2.24. The molecular formula is C15H21N3O2S. The molecule has 1 heterocycles. The van der Waals surface area contributed by atoms with Gasteiger partial charge in [-0.25, -0.2) is 8.42 Å². The van der Waals surface area contributed by atoms with Gasteiger partial charge in [0.2, 0.25) is 10.0 Å². The van der Waals surface area contributed by atoms with E-state index in [1.54, 1.807) is 31.3 Å². The lowest BCUT2D eigenvalue weighted by Crippen LogP contribution is -2.26. The van der Waals surface area contributed by atoms with E-state index in [1.165, 1.54) is 4.31 Å². The van der Waals surface area contributed by atoms with Crippen LogP contribution in [0.2, 0.25) is 0 Å². The molecule has 0 saturated heterocycles. The summed E-state index contributed by atoms with van der Waals surface area (Å²) in [4.78, 5) is 0.316. The minimum atomic E-state index is -3.47. The van der Waals surface area contributed by atoms with Crippen molar-refractivity contribution in [2.24, 2.45) is 0 Å². The SMILES string of the molecule is CCn1cc(CN(C)S(=O)(=O)c2ccc(C)cc2)c(C)n1. The van der Waals surface area contributed by atoms with Gasteiger partial charge in [-0.3, -0.25) is 4.68 Å². The van der Waals surface area contributed by atoms with Gasteiger partial charge in [0, 0.05) is 31.9 Å². The van der Waals surface area contributed by atoms with Crippen LogP contribution in [0.4, 0.5) is 0 Å². The lowest BCUT2D eigenvalue weighted by molar-refractivity contribution is 0.466. The third kappa shape index (κ3) is 3.33. The highest BCUT2D eigenvalue weighted by atomic mass is 32.2. The van der Waals surface area contributed by atoms with Crippen molar-refractivity contribution < 1.29 is 8.42 Å². The predicted molar refractivity (Wildman–Crippen MR) is 82.5 cm³/mol. The van der Waals surface area contributed by atoms with Gasteiger partial charge in [-0.2, -0.15) is 9.40 Å². The molecule has 5 nitrogen and oxygen atoms in total. The summed E-state index contributed by atoms with van der Waals surface area (Å²) in [5.41, 5.74) is 2.83. The zero-order chi connectivity index (χ0) is 15.6. The lowest BCUT2D eigenvalue weighted by atomic mass is 10.2. The summed E-state index contributed by atoms with van der Waals surface area (Å²) >= 11 is 0. The molecule has 0 bridgehead atoms. The van der Waals surface area contributed by atoms with Crippen molar-refractivity contribution in [3.8, 4) is 0 Å². The van der Waals surface area contributed by atoms with Crippen molar-refractivity contribution in [2.45, 2.75) is 38.8 Å². The van der Waals surface area contributed by atoms with Crippen molar-refractivity contribution in [3.63, 3.8) is 0 Å². The Morgan fingerprint density at radius 3 is 2.33 bits per heavy atom. The van der Waals surface area contributed by atoms with Crippen molar-refractivity contribution in [2.75, 3.05) is 7.05 Å². The number of benzene rings is 1. The first-order valence-electron chi connectivity index (χ1n) is 6.90. The van der Waals surface area contributed by atoms with Crippen LogP contribution in [0.15, 0.2) is 35.4 Å². The van der Waals surface area contributed by atoms with Gasteiger partial charge in [-0.1, -0.05) is 17.7 Å². The molecule has 2 rings (SSSR count). The molecule has 2 aromatic rings. The minimum Gasteiger partial charge on any atom is -0.272 e. The number of hydrogen-bond donors (Lipinski definition) is 0. The first kappa shape index (κ1) is 15.7. The molecule has 1 aromatic heterocycles. The molecule has 0 saturated carbocycles. The van der Waals surface area contributed by atoms with E-state index in [-0.39, 0.29) is 0 Å². The summed E-state index contributed by atoms with van der Waals surface area (Å²) in [6.45, 7) is 6.93. The number of hydrogen-bond acceptors (Lipinski definition) is 3. The van der Waals surface area contributed by atoms with Crippen molar-refractivity contribution >= 4 is 10.0 Å². The van der Waals surface area contributed by atoms with Crippen LogP contribution in [-0.4, -0.2) is 29.6 Å². The van der Waals surface area contributed by atoms with Gasteiger partial charge in [-0.15, -0.1) is 0 Å². The highest BCUT2D eigenvalue weighted by Gasteiger charge is 2.22. The van der Waals surface area contributed by atoms with Gasteiger partial charge in [0.25, 0.3) is 0 Å². The molecule has 0 aliphatic carbocycles. The van der Waals surface area contributed by atoms with Crippen LogP contribution in [-0.2, 0) is 23.1 Å². The van der Waals surface area contributed by atoms with E-state index in [2.05, 4.69) is 5.10 Å². The Morgan fingerprint density at radius 2 is 1.81 bits per heavy atom. The molecule has 21 heavy (non-hydrogen) atoms. The third-order valence-corrected chi connectivity index (χ3v) is 5.31. The Morgan fingerprint density at radius 1 is 1.19 bits per heavy atom. The second kappa shape index (κ2) is 5.99. The molecule has 0 fully saturated rings. The quantitative estimate of drug-likeness (QED) is 0.852. The summed E-state index contributed by atoms with van der Waals surface area (Å²) in [7, 11) is -1.88. The summed E-state index contributed by atoms with van der Waals surface area (Å²) < 4.78 is 28.2. The van der Waals surface area contributed by atoms with E-state index in [4.69, 9.17) is 0 Å². The first-order valence-corrected chi connectivity index (χ1v) is 8.34. The van der Waals surface area contributed by atoms with Gasteiger partial charge in [0.15, 0.2) is 0 Å². The van der Waals surface area contributed by atoms with Gasteiger partial charge < -0.3 is 0 Å². The predicted octanol–water partition coefficient (Wildman–Crippen LogP) is 2.34. The van der Waals surface area contributed by atoms with Crippen LogP contribution in [0.25, 0.3) is 0 Å². The first-order chi connectivity index (χ1) is 9.84. The monoisotopic (exact) mass is 307 g/mol. The summed E-state index contributed by atoms with van der Waals surface area (Å²) in [6.07, 6.45) is 1.90. The van der Waals surface area contributed by atoms with Crippen LogP contribution in [0.3, 0.4) is 0 Å². The van der Waals surface area contributed by atoms with E-state index in [0.29, 0.717) is 11.4 Å². The Labute approximate surface area is 126 Å². The fourth-order valence-electron chi connectivity index (χ4n) is 2.09. The number of aryl methyl sites for hydroxylation is 3. The van der Waals surface area contributed by atoms with E-state index >= 15 is 0 Å². The highest BCUT2D eigenvalue weighted by Crippen LogP contribution is 2.18. The molecule has 6 heteroatoms. The smallest absolute Gasteiger partial charge is 0.243 e. The van der Waals surface area contributed by atoms with Crippen LogP contribution >= 0.6 is 0 Å². The average Bonchev–Trinajstić information content (AvgIpc) is 2.80. The maximum Gasteiger partial charge on any atom is 0.243 e. The minimum absolute atomic E-state index is 0.316. The van der Waals surface area contributed by atoms with Gasteiger partial charge in [0.05, 0.1) is 10.6 Å². The highest BCUT2D eigenvalue weighted by molar-refractivity contribution is 7.89. The fraction of sp³-hybridized carbons (Fsp3) is 0.400. The van der Waals surface area contributed by atoms with Crippen molar-refractivity contribution in [3.05, 3.63) is 47.3 Å². The molecule has 0 spiro atoms. The molecule has 0 unspecified atom stereocenters. The maximum atomic E-state index is 12.5. The zero-order valence-corrected chi connectivity index (χ0v) is 13.7. The Hall–Kier alpha value is -1.66. The maximum absolute atomic E-state index is 12.5. The van der Waals surface area contributed by atoms with E-state index in [1.807, 2.05) is 31.6 Å². The largest absolute Gasteiger partial charge is 0.272 e. The third-order valence-electron chi connectivity index (χ3n) is 3.49. The molecular weight excluding hydrogens is 286 g/mol. The molecule has 0 atom stereocenters. The normalized spacial score (nSPS) is 12.0. The van der Waals surface area contributed by atoms with Gasteiger partial charge in [0.1, 0.15) is 0 Å². The summed E-state index contributed by atoms with van der Waals surface area (Å²) in [6, 6.07) is 6.90. The molecule has 1 aromatic carbocycles. The number of aromatic nitrogens is 2. The van der Waals surface area contributed by atoms with E-state index in [0.717, 1.165) is 23.4 Å². The molecule has 114 valence electrons. The fourth-order valence-corrected chi connectivity index (χ4v) is 3.24. The second-order valence-corrected chi connectivity index (χ2v) is 7.21. The molecule has 0 aliphatic rings. The Bertz CT molecular complexity index is 718. The summed E-state index contributed by atoms with van der Waals surface area (Å²) in [5, 5.41) is 4.34. The van der Waals surface area contributed by atoms with Gasteiger partial charge in [-0.05, 0) is 32.9 Å². The van der Waals surface area contributed by atoms with Crippen LogP contribution in [0.1, 0.15) is 23.7 Å². The number of nitrogens with zero attached hydrogens (tertiary/aromatic N) is 3. The topological polar surface area (TPSA) is 55.2 Å². The summed E-state index contributed by atoms with van der Waals surface area (Å²) in [5.74, 6) is 0. The van der Waals surface area contributed by atoms with Gasteiger partial charge >= 0.3 is 0 Å². The molecule has 0 aliphatic heterocycles. The van der Waals surface area contributed by atoms with Crippen LogP contribution < -0.4 is 0 Å². The van der Waals surface area contributed by atoms with Crippen LogP contribution in [0, 0.1) is 13.8 Å². The van der Waals surface area contributed by atoms with Crippen LogP contribution in [0.5, 0.6) is 0 Å². The Kier molecular flexibility index (Phi) is 4.49. The number of sulfonamides is 1. The molecule has 0 amide bonds. The zero-order valence-electron chi connectivity index (χ0n) is 12.9. The number of rotatable bonds is 5. The van der Waals surface area contributed by atoms with E-state index < -0.39 is 10.0 Å². The average molecular weight is 307 g/mol. The lowest BCUT2D eigenvalue weighted by Gasteiger charge is -2.17. The van der Waals surface area contributed by atoms with Crippen molar-refractivity contribution in [1.29, 1.82) is 0 Å². The van der Waals surface area contributed by atoms with E-state index in [9.17, 15) is 8.42 Å². The second-order valence-electron chi connectivity index (χ2n) is 5.17.